The summed E-state index contributed by atoms with van der Waals surface area (Å²) >= 11 is 10.6. The van der Waals surface area contributed by atoms with Gasteiger partial charge in [0.25, 0.3) is 6.29 Å². The number of rotatable bonds is 1. The van der Waals surface area contributed by atoms with E-state index < -0.39 is 45.3 Å². The maximum Gasteiger partial charge on any atom is 0.419 e. The maximum atomic E-state index is 13.6. The van der Waals surface area contributed by atoms with Gasteiger partial charge in [-0.05, 0) is 12.1 Å². The summed E-state index contributed by atoms with van der Waals surface area (Å²) in [5.74, 6) is -2.46. The Kier molecular flexibility index (Phi) is 3.60. The van der Waals surface area contributed by atoms with Crippen molar-refractivity contribution in [1.29, 1.82) is 0 Å². The van der Waals surface area contributed by atoms with Crippen LogP contribution in [0.3, 0.4) is 0 Å². The number of alkyl halides is 4. The highest BCUT2D eigenvalue weighted by Crippen LogP contribution is 2.45. The summed E-state index contributed by atoms with van der Waals surface area (Å²) in [6, 6.07) is 0.855. The molecule has 0 fully saturated rings. The molecule has 0 spiro atoms. The summed E-state index contributed by atoms with van der Waals surface area (Å²) < 4.78 is 65.8. The summed E-state index contributed by atoms with van der Waals surface area (Å²) in [7, 11) is 0. The molecule has 1 N–H and O–H groups in total. The quantitative estimate of drug-likeness (QED) is 0.486. The van der Waals surface area contributed by atoms with Gasteiger partial charge in [-0.15, -0.1) is 0 Å². The summed E-state index contributed by atoms with van der Waals surface area (Å²) in [5.41, 5.74) is -2.09. The Balaban J connectivity index is 2.61. The smallest absolute Gasteiger partial charge is 0.361 e. The lowest BCUT2D eigenvalue weighted by Crippen LogP contribution is -2.53. The average molecular weight is 336 g/mol. The molecule has 0 bridgehead atoms. The van der Waals surface area contributed by atoms with Crippen LogP contribution in [-0.2, 0) is 4.84 Å². The van der Waals surface area contributed by atoms with E-state index in [2.05, 4.69) is 9.99 Å². The molecule has 0 saturated carbocycles. The van der Waals surface area contributed by atoms with Crippen LogP contribution in [0.2, 0.25) is 5.02 Å². The van der Waals surface area contributed by atoms with Crippen LogP contribution < -0.4 is 0 Å². The van der Waals surface area contributed by atoms with E-state index in [1.54, 1.807) is 0 Å². The molecular weight excluding hydrogens is 332 g/mol. The second-order valence-electron chi connectivity index (χ2n) is 3.85. The van der Waals surface area contributed by atoms with Gasteiger partial charge in [0.1, 0.15) is 17.3 Å². The van der Waals surface area contributed by atoms with Crippen LogP contribution in [-0.4, -0.2) is 28.2 Å². The monoisotopic (exact) mass is 335 g/mol. The highest BCUT2D eigenvalue weighted by atomic mass is 35.5. The molecule has 1 aromatic carbocycles. The Hall–Kier alpha value is -1.12. The van der Waals surface area contributed by atoms with Crippen LogP contribution in [0.15, 0.2) is 17.3 Å². The Morgan fingerprint density at radius 2 is 1.85 bits per heavy atom. The zero-order chi connectivity index (χ0) is 15.3. The number of nitrogens with zero attached hydrogens (tertiary/aromatic N) is 1. The molecule has 1 aromatic rings. The van der Waals surface area contributed by atoms with Crippen molar-refractivity contribution >= 4 is 28.9 Å². The molecule has 1 aliphatic rings. The third-order valence-electron chi connectivity index (χ3n) is 2.61. The highest BCUT2D eigenvalue weighted by molar-refractivity contribution is 6.40. The van der Waals surface area contributed by atoms with Crippen molar-refractivity contribution in [3.8, 4) is 0 Å². The average Bonchev–Trinajstić information content (AvgIpc) is 2.62. The van der Waals surface area contributed by atoms with E-state index in [9.17, 15) is 27.1 Å². The van der Waals surface area contributed by atoms with Crippen molar-refractivity contribution in [2.75, 3.05) is 0 Å². The minimum Gasteiger partial charge on any atom is -0.361 e. The van der Waals surface area contributed by atoms with Gasteiger partial charge in [0.15, 0.2) is 0 Å². The molecule has 0 aliphatic carbocycles. The Morgan fingerprint density at radius 3 is 2.40 bits per heavy atom. The van der Waals surface area contributed by atoms with Crippen molar-refractivity contribution in [1.82, 2.24) is 0 Å². The maximum absolute atomic E-state index is 13.6. The number of oxime groups is 1. The van der Waals surface area contributed by atoms with E-state index in [-0.39, 0.29) is 0 Å². The number of hydrogen-bond donors (Lipinski definition) is 1. The van der Waals surface area contributed by atoms with Gasteiger partial charge >= 0.3 is 6.18 Å². The van der Waals surface area contributed by atoms with Gasteiger partial charge in [-0.2, -0.15) is 13.2 Å². The van der Waals surface area contributed by atoms with Gasteiger partial charge in [0, 0.05) is 5.56 Å². The van der Waals surface area contributed by atoms with E-state index in [0.29, 0.717) is 12.1 Å². The molecule has 0 amide bonds. The van der Waals surface area contributed by atoms with Gasteiger partial charge < -0.3 is 9.94 Å². The van der Waals surface area contributed by atoms with E-state index in [1.807, 2.05) is 0 Å². The first-order valence-corrected chi connectivity index (χ1v) is 5.67. The highest BCUT2D eigenvalue weighted by Gasteiger charge is 2.67. The van der Waals surface area contributed by atoms with Crippen molar-refractivity contribution < 1.29 is 31.9 Å². The number of benzene rings is 1. The Bertz CT molecular complexity index is 592. The molecule has 2 rings (SSSR count). The van der Waals surface area contributed by atoms with Crippen molar-refractivity contribution in [3.63, 3.8) is 0 Å². The van der Waals surface area contributed by atoms with Crippen molar-refractivity contribution in [2.24, 2.45) is 5.16 Å². The standard InChI is InChI=1S/C10H4Cl2F5NO2/c11-4-2-5(13)3(1-6(4)14)7-9(12,10(15,16)17)8(19)20-18-7/h1-2,8,19H. The van der Waals surface area contributed by atoms with Gasteiger partial charge in [0.2, 0.25) is 4.87 Å². The van der Waals surface area contributed by atoms with Crippen LogP contribution in [0.4, 0.5) is 22.0 Å². The summed E-state index contributed by atoms with van der Waals surface area (Å²) in [6.07, 6.45) is -7.80. The topological polar surface area (TPSA) is 41.8 Å². The molecule has 0 radical (unpaired) electrons. The third kappa shape index (κ3) is 2.11. The zero-order valence-corrected chi connectivity index (χ0v) is 10.7. The lowest BCUT2D eigenvalue weighted by atomic mass is 9.94. The van der Waals surface area contributed by atoms with Crippen molar-refractivity contribution in [2.45, 2.75) is 17.3 Å². The molecular formula is C10H4Cl2F5NO2. The van der Waals surface area contributed by atoms with E-state index in [0.717, 1.165) is 0 Å². The van der Waals surface area contributed by atoms with E-state index in [4.69, 9.17) is 23.2 Å². The van der Waals surface area contributed by atoms with E-state index >= 15 is 0 Å². The SMILES string of the molecule is OC1ON=C(c2cc(F)c(Cl)cc2F)C1(Cl)C(F)(F)F. The van der Waals surface area contributed by atoms with Crippen LogP contribution in [0.5, 0.6) is 0 Å². The molecule has 2 atom stereocenters. The molecule has 2 unspecified atom stereocenters. The fourth-order valence-electron chi connectivity index (χ4n) is 1.58. The summed E-state index contributed by atoms with van der Waals surface area (Å²) in [4.78, 5) is 0.551. The minimum atomic E-state index is -5.22. The molecule has 3 nitrogen and oxygen atoms in total. The molecule has 0 saturated heterocycles. The number of hydrogen-bond acceptors (Lipinski definition) is 3. The largest absolute Gasteiger partial charge is 0.419 e. The van der Waals surface area contributed by atoms with Crippen molar-refractivity contribution in [3.05, 3.63) is 34.4 Å². The van der Waals surface area contributed by atoms with Gasteiger partial charge in [-0.1, -0.05) is 28.4 Å². The van der Waals surface area contributed by atoms with Gasteiger partial charge in [-0.25, -0.2) is 8.78 Å². The zero-order valence-electron chi connectivity index (χ0n) is 9.18. The second kappa shape index (κ2) is 4.71. The molecule has 1 heterocycles. The van der Waals surface area contributed by atoms with Crippen LogP contribution >= 0.6 is 23.2 Å². The third-order valence-corrected chi connectivity index (χ3v) is 3.48. The van der Waals surface area contributed by atoms with E-state index in [1.165, 1.54) is 0 Å². The van der Waals surface area contributed by atoms with Crippen LogP contribution in [0, 0.1) is 11.6 Å². The van der Waals surface area contributed by atoms with Crippen LogP contribution in [0.1, 0.15) is 5.56 Å². The second-order valence-corrected chi connectivity index (χ2v) is 4.86. The predicted molar refractivity (Wildman–Crippen MR) is 59.6 cm³/mol. The molecule has 1 aliphatic heterocycles. The van der Waals surface area contributed by atoms with Gasteiger partial charge in [-0.3, -0.25) is 0 Å². The van der Waals surface area contributed by atoms with Crippen LogP contribution in [0.25, 0.3) is 0 Å². The fourth-order valence-corrected chi connectivity index (χ4v) is 1.91. The first-order valence-electron chi connectivity index (χ1n) is 4.92. The first-order chi connectivity index (χ1) is 9.09. The van der Waals surface area contributed by atoms with Gasteiger partial charge in [0.05, 0.1) is 5.02 Å². The molecule has 20 heavy (non-hydrogen) atoms. The predicted octanol–water partition coefficient (Wildman–Crippen LogP) is 3.21. The summed E-state index contributed by atoms with van der Waals surface area (Å²) in [6.45, 7) is 0. The number of halogens is 7. The Morgan fingerprint density at radius 1 is 1.25 bits per heavy atom. The summed E-state index contributed by atoms with van der Waals surface area (Å²) in [5, 5.41) is 11.5. The lowest BCUT2D eigenvalue weighted by Gasteiger charge is -2.27. The minimum absolute atomic E-state index is 0.390. The normalized spacial score (nSPS) is 26.4. The molecule has 0 aromatic heterocycles. The lowest BCUT2D eigenvalue weighted by molar-refractivity contribution is -0.204. The fraction of sp³-hybridized carbons (Fsp3) is 0.300. The molecule has 110 valence electrons. The number of aliphatic hydroxyl groups is 1. The first kappa shape index (κ1) is 15.3. The Labute approximate surface area is 118 Å². The number of aliphatic hydroxyl groups excluding tert-OH is 1. The molecule has 10 heteroatoms.